The zero-order chi connectivity index (χ0) is 17.1. The van der Waals surface area contributed by atoms with Crippen LogP contribution in [0, 0.1) is 0 Å². The summed E-state index contributed by atoms with van der Waals surface area (Å²) in [7, 11) is 0. The van der Waals surface area contributed by atoms with Crippen molar-refractivity contribution in [2.45, 2.75) is 24.4 Å². The van der Waals surface area contributed by atoms with Gasteiger partial charge in [0, 0.05) is 5.39 Å². The van der Waals surface area contributed by atoms with Crippen LogP contribution in [0.1, 0.15) is 10.5 Å². The number of carbonyl (C=O) groups is 2. The smallest absolute Gasteiger partial charge is 0.335 e. The number of rotatable bonds is 6. The number of Topliss-reactive ketones (excluding diaryl/α,β-unsaturated/α-hetero) is 1. The van der Waals surface area contributed by atoms with Gasteiger partial charge in [0.25, 0.3) is 0 Å². The van der Waals surface area contributed by atoms with Crippen molar-refractivity contribution in [3.05, 3.63) is 42.1 Å². The second kappa shape index (κ2) is 6.80. The molecule has 0 aliphatic heterocycles. The molecule has 0 aliphatic rings. The molecule has 8 heteroatoms. The largest absolute Gasteiger partial charge is 0.479 e. The van der Waals surface area contributed by atoms with E-state index < -0.39 is 36.2 Å². The molecule has 0 amide bonds. The molecule has 1 heterocycles. The summed E-state index contributed by atoms with van der Waals surface area (Å²) >= 11 is 0. The molecule has 0 spiro atoms. The van der Waals surface area contributed by atoms with E-state index in [1.54, 1.807) is 30.3 Å². The van der Waals surface area contributed by atoms with Gasteiger partial charge in [0.05, 0.1) is 5.52 Å². The first-order valence-corrected chi connectivity index (χ1v) is 6.68. The molecule has 0 bridgehead atoms. The molecule has 0 fully saturated rings. The van der Waals surface area contributed by atoms with Crippen LogP contribution in [-0.2, 0) is 4.79 Å². The fraction of sp³-hybridized carbons (Fsp3) is 0.267. The lowest BCUT2D eigenvalue weighted by Crippen LogP contribution is -2.50. The lowest BCUT2D eigenvalue weighted by Gasteiger charge is -2.23. The van der Waals surface area contributed by atoms with Crippen LogP contribution in [0.3, 0.4) is 0 Å². The van der Waals surface area contributed by atoms with Crippen LogP contribution >= 0.6 is 0 Å². The topological polar surface area (TPSA) is 148 Å². The summed E-state index contributed by atoms with van der Waals surface area (Å²) in [4.78, 5) is 26.7. The van der Waals surface area contributed by atoms with Crippen molar-refractivity contribution in [2.24, 2.45) is 0 Å². The number of hydrogen-bond acceptors (Lipinski definition) is 7. The molecule has 1 aromatic heterocycles. The summed E-state index contributed by atoms with van der Waals surface area (Å²) in [6, 6.07) is 9.85. The minimum atomic E-state index is -2.34. The molecule has 0 saturated heterocycles. The third-order valence-corrected chi connectivity index (χ3v) is 3.37. The first kappa shape index (κ1) is 17.0. The van der Waals surface area contributed by atoms with Gasteiger partial charge in [-0.25, -0.2) is 9.78 Å². The predicted molar refractivity (Wildman–Crippen MR) is 77.7 cm³/mol. The Labute approximate surface area is 130 Å². The Morgan fingerprint density at radius 3 is 2.13 bits per heavy atom. The lowest BCUT2D eigenvalue weighted by molar-refractivity contribution is -0.161. The van der Waals surface area contributed by atoms with Crippen molar-refractivity contribution in [1.29, 1.82) is 0 Å². The van der Waals surface area contributed by atoms with E-state index >= 15 is 0 Å². The second-order valence-corrected chi connectivity index (χ2v) is 4.96. The van der Waals surface area contributed by atoms with Crippen molar-refractivity contribution in [3.8, 4) is 0 Å². The Bertz CT molecular complexity index is 733. The van der Waals surface area contributed by atoms with Crippen molar-refractivity contribution >= 4 is 22.7 Å². The molecule has 0 unspecified atom stereocenters. The van der Waals surface area contributed by atoms with Crippen LogP contribution < -0.4 is 0 Å². The first-order valence-electron chi connectivity index (χ1n) is 6.68. The maximum Gasteiger partial charge on any atom is 0.335 e. The van der Waals surface area contributed by atoms with Gasteiger partial charge in [0.2, 0.25) is 5.78 Å². The minimum absolute atomic E-state index is 0.160. The fourth-order valence-electron chi connectivity index (χ4n) is 2.03. The number of aromatic nitrogens is 1. The third-order valence-electron chi connectivity index (χ3n) is 3.37. The molecule has 0 radical (unpaired) electrons. The van der Waals surface area contributed by atoms with Gasteiger partial charge < -0.3 is 25.5 Å². The number of hydrogen-bond donors (Lipinski definition) is 5. The average Bonchev–Trinajstić information content (AvgIpc) is 2.57. The number of carboxylic acid groups (broad SMARTS) is 1. The van der Waals surface area contributed by atoms with Gasteiger partial charge in [-0.1, -0.05) is 24.3 Å². The predicted octanol–water partition coefficient (Wildman–Crippen LogP) is -1.05. The lowest BCUT2D eigenvalue weighted by atomic mass is 9.98. The van der Waals surface area contributed by atoms with Crippen LogP contribution in [0.25, 0.3) is 10.9 Å². The summed E-state index contributed by atoms with van der Waals surface area (Å²) in [6.07, 6.45) is -8.88. The Kier molecular flexibility index (Phi) is 5.02. The zero-order valence-corrected chi connectivity index (χ0v) is 11.8. The minimum Gasteiger partial charge on any atom is -0.479 e. The Morgan fingerprint density at radius 1 is 0.870 bits per heavy atom. The van der Waals surface area contributed by atoms with E-state index in [0.717, 1.165) is 5.39 Å². The van der Waals surface area contributed by atoms with E-state index in [2.05, 4.69) is 4.98 Å². The molecule has 2 aromatic rings. The number of aliphatic hydroxyl groups is 4. The van der Waals surface area contributed by atoms with Crippen molar-refractivity contribution < 1.29 is 35.1 Å². The second-order valence-electron chi connectivity index (χ2n) is 4.96. The highest BCUT2D eigenvalue weighted by atomic mass is 16.4. The summed E-state index contributed by atoms with van der Waals surface area (Å²) in [6.45, 7) is 0. The van der Waals surface area contributed by atoms with E-state index in [4.69, 9.17) is 10.2 Å². The highest BCUT2D eigenvalue weighted by molar-refractivity contribution is 5.99. The molecular weight excluding hydrogens is 306 g/mol. The monoisotopic (exact) mass is 321 g/mol. The molecule has 5 N–H and O–H groups in total. The van der Waals surface area contributed by atoms with Gasteiger partial charge in [0.15, 0.2) is 6.10 Å². The zero-order valence-electron chi connectivity index (χ0n) is 11.8. The molecule has 0 saturated carbocycles. The van der Waals surface area contributed by atoms with Gasteiger partial charge in [0.1, 0.15) is 24.0 Å². The Morgan fingerprint density at radius 2 is 1.48 bits per heavy atom. The number of para-hydroxylation sites is 1. The number of aliphatic hydroxyl groups excluding tert-OH is 4. The van der Waals surface area contributed by atoms with E-state index in [0.29, 0.717) is 5.52 Å². The number of ketones is 1. The first-order chi connectivity index (χ1) is 10.8. The van der Waals surface area contributed by atoms with Crippen LogP contribution in [0.15, 0.2) is 36.4 Å². The van der Waals surface area contributed by atoms with Gasteiger partial charge in [-0.05, 0) is 12.1 Å². The number of carbonyl (C=O) groups excluding carboxylic acids is 1. The van der Waals surface area contributed by atoms with Crippen molar-refractivity contribution in [3.63, 3.8) is 0 Å². The molecule has 2 rings (SSSR count). The van der Waals surface area contributed by atoms with Gasteiger partial charge in [-0.2, -0.15) is 0 Å². The summed E-state index contributed by atoms with van der Waals surface area (Å²) in [5, 5.41) is 47.5. The van der Waals surface area contributed by atoms with Crippen LogP contribution in [-0.4, -0.2) is 66.7 Å². The van der Waals surface area contributed by atoms with Crippen LogP contribution in [0.2, 0.25) is 0 Å². The molecule has 8 nitrogen and oxygen atoms in total. The number of fused-ring (bicyclic) bond motifs is 1. The Hall–Kier alpha value is -2.39. The fourth-order valence-corrected chi connectivity index (χ4v) is 2.03. The number of nitrogens with zero attached hydrogens (tertiary/aromatic N) is 1. The van der Waals surface area contributed by atoms with Crippen LogP contribution in [0.4, 0.5) is 0 Å². The quantitative estimate of drug-likeness (QED) is 0.423. The van der Waals surface area contributed by atoms with Gasteiger partial charge >= 0.3 is 5.97 Å². The average molecular weight is 321 g/mol. The van der Waals surface area contributed by atoms with Crippen molar-refractivity contribution in [1.82, 2.24) is 4.98 Å². The van der Waals surface area contributed by atoms with Gasteiger partial charge in [-0.3, -0.25) is 4.79 Å². The van der Waals surface area contributed by atoms with Gasteiger partial charge in [-0.15, -0.1) is 0 Å². The van der Waals surface area contributed by atoms with E-state index in [9.17, 15) is 24.9 Å². The number of pyridine rings is 1. The SMILES string of the molecule is O=C(O)[C@@H](O)[C@@H](O)[C@H](O)[C@@H](O)C(=O)c1ccc2ccccc2n1. The highest BCUT2D eigenvalue weighted by Crippen LogP contribution is 2.15. The maximum atomic E-state index is 12.1. The van der Waals surface area contributed by atoms with E-state index in [1.807, 2.05) is 0 Å². The van der Waals surface area contributed by atoms with E-state index in [1.165, 1.54) is 6.07 Å². The summed E-state index contributed by atoms with van der Waals surface area (Å²) in [5.74, 6) is -2.79. The van der Waals surface area contributed by atoms with E-state index in [-0.39, 0.29) is 5.69 Å². The molecule has 1 aromatic carbocycles. The number of aliphatic carboxylic acids is 1. The standard InChI is InChI=1S/C15H15NO7/c17-10(11(18)12(19)13(20)14(21)15(22)23)9-6-5-7-3-1-2-4-8(7)16-9/h1-6,11-14,18-21H,(H,22,23)/t11-,12+,13-,14-/m0/s1. The number of benzene rings is 1. The molecular formula is C15H15NO7. The van der Waals surface area contributed by atoms with Crippen molar-refractivity contribution in [2.75, 3.05) is 0 Å². The third kappa shape index (κ3) is 3.51. The summed E-state index contributed by atoms with van der Waals surface area (Å²) < 4.78 is 0. The Balaban J connectivity index is 2.21. The summed E-state index contributed by atoms with van der Waals surface area (Å²) in [5.41, 5.74) is 0.332. The normalized spacial score (nSPS) is 16.5. The molecule has 122 valence electrons. The maximum absolute atomic E-state index is 12.1. The van der Waals surface area contributed by atoms with Crippen LogP contribution in [0.5, 0.6) is 0 Å². The number of carboxylic acids is 1. The molecule has 23 heavy (non-hydrogen) atoms. The molecule has 0 aliphatic carbocycles. The molecule has 4 atom stereocenters. The highest BCUT2D eigenvalue weighted by Gasteiger charge is 2.38.